The van der Waals surface area contributed by atoms with Crippen LogP contribution in [0.1, 0.15) is 23.2 Å². The minimum atomic E-state index is -0.448. The van der Waals surface area contributed by atoms with Gasteiger partial charge in [0, 0.05) is 19.3 Å². The van der Waals surface area contributed by atoms with Gasteiger partial charge in [-0.2, -0.15) is 0 Å². The van der Waals surface area contributed by atoms with E-state index in [1.807, 2.05) is 42.5 Å². The first-order valence-corrected chi connectivity index (χ1v) is 6.50. The third-order valence-corrected chi connectivity index (χ3v) is 3.23. The predicted octanol–water partition coefficient (Wildman–Crippen LogP) is 2.78. The molecule has 0 aromatic heterocycles. The lowest BCUT2D eigenvalue weighted by Gasteiger charge is -2.10. The SMILES string of the molecule is COCCCC(N)C(=O)c1ccc2ccccc2c1. The molecular weight excluding hydrogens is 238 g/mol. The molecule has 0 heterocycles. The van der Waals surface area contributed by atoms with Crippen LogP contribution in [-0.2, 0) is 4.74 Å². The topological polar surface area (TPSA) is 52.3 Å². The zero-order valence-corrected chi connectivity index (χ0v) is 11.1. The Morgan fingerprint density at radius 1 is 1.21 bits per heavy atom. The maximum absolute atomic E-state index is 12.2. The van der Waals surface area contributed by atoms with Crippen LogP contribution in [0.3, 0.4) is 0 Å². The molecule has 0 aliphatic rings. The highest BCUT2D eigenvalue weighted by atomic mass is 16.5. The van der Waals surface area contributed by atoms with E-state index in [4.69, 9.17) is 10.5 Å². The standard InChI is InChI=1S/C16H19NO2/c1-19-10-4-7-15(17)16(18)14-9-8-12-5-2-3-6-13(12)11-14/h2-3,5-6,8-9,11,15H,4,7,10,17H2,1H3. The van der Waals surface area contributed by atoms with Gasteiger partial charge in [0.2, 0.25) is 0 Å². The van der Waals surface area contributed by atoms with Gasteiger partial charge < -0.3 is 10.5 Å². The van der Waals surface area contributed by atoms with Crippen molar-refractivity contribution in [2.75, 3.05) is 13.7 Å². The zero-order valence-electron chi connectivity index (χ0n) is 11.1. The van der Waals surface area contributed by atoms with Gasteiger partial charge >= 0.3 is 0 Å². The van der Waals surface area contributed by atoms with Gasteiger partial charge in [0.25, 0.3) is 0 Å². The predicted molar refractivity (Wildman–Crippen MR) is 77.4 cm³/mol. The lowest BCUT2D eigenvalue weighted by atomic mass is 9.98. The third-order valence-electron chi connectivity index (χ3n) is 3.23. The molecule has 0 aliphatic carbocycles. The Labute approximate surface area is 113 Å². The van der Waals surface area contributed by atoms with Gasteiger partial charge in [0.1, 0.15) is 0 Å². The molecule has 0 saturated heterocycles. The molecule has 0 bridgehead atoms. The van der Waals surface area contributed by atoms with Crippen LogP contribution in [0.25, 0.3) is 10.8 Å². The van der Waals surface area contributed by atoms with Crippen LogP contribution in [0, 0.1) is 0 Å². The van der Waals surface area contributed by atoms with Crippen molar-refractivity contribution >= 4 is 16.6 Å². The normalized spacial score (nSPS) is 12.5. The summed E-state index contributed by atoms with van der Waals surface area (Å²) in [5.41, 5.74) is 6.61. The molecule has 100 valence electrons. The summed E-state index contributed by atoms with van der Waals surface area (Å²) in [6, 6.07) is 13.3. The highest BCUT2D eigenvalue weighted by molar-refractivity contribution is 6.02. The maximum atomic E-state index is 12.2. The molecule has 2 aromatic rings. The van der Waals surface area contributed by atoms with Crippen molar-refractivity contribution in [1.29, 1.82) is 0 Å². The lowest BCUT2D eigenvalue weighted by molar-refractivity contribution is 0.0950. The van der Waals surface area contributed by atoms with E-state index in [2.05, 4.69) is 0 Å². The molecule has 19 heavy (non-hydrogen) atoms. The van der Waals surface area contributed by atoms with E-state index < -0.39 is 6.04 Å². The average Bonchev–Trinajstić information content (AvgIpc) is 2.46. The summed E-state index contributed by atoms with van der Waals surface area (Å²) in [5.74, 6) is 0.00172. The summed E-state index contributed by atoms with van der Waals surface area (Å²) in [6.45, 7) is 0.638. The molecule has 0 fully saturated rings. The van der Waals surface area contributed by atoms with Gasteiger partial charge in [-0.1, -0.05) is 36.4 Å². The first-order chi connectivity index (χ1) is 9.22. The highest BCUT2D eigenvalue weighted by Gasteiger charge is 2.15. The maximum Gasteiger partial charge on any atom is 0.179 e. The Hall–Kier alpha value is -1.71. The molecule has 2 rings (SSSR count). The van der Waals surface area contributed by atoms with E-state index in [9.17, 15) is 4.79 Å². The molecule has 0 aliphatic heterocycles. The van der Waals surface area contributed by atoms with Crippen molar-refractivity contribution in [3.8, 4) is 0 Å². The van der Waals surface area contributed by atoms with E-state index in [1.165, 1.54) is 0 Å². The summed E-state index contributed by atoms with van der Waals surface area (Å²) in [4.78, 5) is 12.2. The van der Waals surface area contributed by atoms with Crippen LogP contribution in [0.4, 0.5) is 0 Å². The molecule has 0 spiro atoms. The van der Waals surface area contributed by atoms with Crippen molar-refractivity contribution in [3.05, 3.63) is 48.0 Å². The number of carbonyl (C=O) groups excluding carboxylic acids is 1. The minimum Gasteiger partial charge on any atom is -0.385 e. The summed E-state index contributed by atoms with van der Waals surface area (Å²) in [6.07, 6.45) is 1.45. The fourth-order valence-corrected chi connectivity index (χ4v) is 2.14. The average molecular weight is 257 g/mol. The lowest BCUT2D eigenvalue weighted by Crippen LogP contribution is -2.30. The molecule has 2 aromatic carbocycles. The molecule has 2 N–H and O–H groups in total. The fourth-order valence-electron chi connectivity index (χ4n) is 2.14. The second kappa shape index (κ2) is 6.45. The van der Waals surface area contributed by atoms with E-state index >= 15 is 0 Å². The first kappa shape index (κ1) is 13.7. The number of Topliss-reactive ketones (excluding diaryl/α,β-unsaturated/α-hetero) is 1. The highest BCUT2D eigenvalue weighted by Crippen LogP contribution is 2.17. The van der Waals surface area contributed by atoms with E-state index in [-0.39, 0.29) is 5.78 Å². The van der Waals surface area contributed by atoms with Crippen molar-refractivity contribution in [3.63, 3.8) is 0 Å². The van der Waals surface area contributed by atoms with Crippen LogP contribution < -0.4 is 5.73 Å². The van der Waals surface area contributed by atoms with Crippen LogP contribution in [0.2, 0.25) is 0 Å². The van der Waals surface area contributed by atoms with E-state index in [0.717, 1.165) is 17.2 Å². The number of benzene rings is 2. The van der Waals surface area contributed by atoms with Gasteiger partial charge in [0.05, 0.1) is 6.04 Å². The number of fused-ring (bicyclic) bond motifs is 1. The number of hydrogen-bond donors (Lipinski definition) is 1. The second-order valence-electron chi connectivity index (χ2n) is 4.67. The number of hydrogen-bond acceptors (Lipinski definition) is 3. The van der Waals surface area contributed by atoms with E-state index in [0.29, 0.717) is 18.6 Å². The molecule has 0 saturated carbocycles. The number of ether oxygens (including phenoxy) is 1. The van der Waals surface area contributed by atoms with Gasteiger partial charge in [-0.25, -0.2) is 0 Å². The number of carbonyl (C=O) groups is 1. The monoisotopic (exact) mass is 257 g/mol. The minimum absolute atomic E-state index is 0.00172. The van der Waals surface area contributed by atoms with Gasteiger partial charge in [-0.3, -0.25) is 4.79 Å². The summed E-state index contributed by atoms with van der Waals surface area (Å²) < 4.78 is 4.97. The fraction of sp³-hybridized carbons (Fsp3) is 0.312. The molecule has 0 amide bonds. The zero-order chi connectivity index (χ0) is 13.7. The van der Waals surface area contributed by atoms with Gasteiger partial charge in [-0.05, 0) is 29.7 Å². The quantitative estimate of drug-likeness (QED) is 0.639. The van der Waals surface area contributed by atoms with Gasteiger partial charge in [0.15, 0.2) is 5.78 Å². The van der Waals surface area contributed by atoms with Crippen molar-refractivity contribution in [1.82, 2.24) is 0 Å². The number of methoxy groups -OCH3 is 1. The smallest absolute Gasteiger partial charge is 0.179 e. The molecule has 3 heteroatoms. The summed E-state index contributed by atoms with van der Waals surface area (Å²) in [7, 11) is 1.65. The third kappa shape index (κ3) is 3.40. The summed E-state index contributed by atoms with van der Waals surface area (Å²) >= 11 is 0. The first-order valence-electron chi connectivity index (χ1n) is 6.50. The Morgan fingerprint density at radius 2 is 1.95 bits per heavy atom. The van der Waals surface area contributed by atoms with Crippen LogP contribution in [0.15, 0.2) is 42.5 Å². The molecule has 0 radical (unpaired) electrons. The Bertz CT molecular complexity index is 565. The number of rotatable bonds is 6. The number of nitrogens with two attached hydrogens (primary N) is 1. The van der Waals surface area contributed by atoms with Crippen molar-refractivity contribution in [2.24, 2.45) is 5.73 Å². The molecular formula is C16H19NO2. The van der Waals surface area contributed by atoms with E-state index in [1.54, 1.807) is 7.11 Å². The molecule has 3 nitrogen and oxygen atoms in total. The Balaban J connectivity index is 2.12. The largest absolute Gasteiger partial charge is 0.385 e. The van der Waals surface area contributed by atoms with Crippen LogP contribution in [0.5, 0.6) is 0 Å². The molecule has 1 unspecified atom stereocenters. The van der Waals surface area contributed by atoms with Crippen LogP contribution in [-0.4, -0.2) is 25.5 Å². The van der Waals surface area contributed by atoms with Crippen molar-refractivity contribution < 1.29 is 9.53 Å². The second-order valence-corrected chi connectivity index (χ2v) is 4.67. The van der Waals surface area contributed by atoms with Crippen LogP contribution >= 0.6 is 0 Å². The molecule has 1 atom stereocenters. The van der Waals surface area contributed by atoms with Crippen molar-refractivity contribution in [2.45, 2.75) is 18.9 Å². The summed E-state index contributed by atoms with van der Waals surface area (Å²) in [5, 5.41) is 2.20. The Morgan fingerprint density at radius 3 is 2.68 bits per heavy atom. The number of ketones is 1. The Kier molecular flexibility index (Phi) is 4.66. The van der Waals surface area contributed by atoms with Gasteiger partial charge in [-0.15, -0.1) is 0 Å².